The summed E-state index contributed by atoms with van der Waals surface area (Å²) in [5.74, 6) is -0.935. The highest BCUT2D eigenvalue weighted by Gasteiger charge is 2.26. The van der Waals surface area contributed by atoms with E-state index in [1.54, 1.807) is 24.8 Å². The molecule has 0 aliphatic heterocycles. The lowest BCUT2D eigenvalue weighted by molar-refractivity contribution is -0.138. The summed E-state index contributed by atoms with van der Waals surface area (Å²) >= 11 is 0. The predicted molar refractivity (Wildman–Crippen MR) is 66.9 cm³/mol. The van der Waals surface area contributed by atoms with Crippen molar-refractivity contribution in [1.29, 1.82) is 0 Å². The van der Waals surface area contributed by atoms with Crippen molar-refractivity contribution in [2.75, 3.05) is 6.54 Å². The van der Waals surface area contributed by atoms with Crippen LogP contribution in [0.5, 0.6) is 0 Å². The minimum Gasteiger partial charge on any atom is -0.481 e. The maximum absolute atomic E-state index is 11.9. The molecule has 0 spiro atoms. The summed E-state index contributed by atoms with van der Waals surface area (Å²) in [5.41, 5.74) is -0.767. The number of rotatable bonds is 6. The van der Waals surface area contributed by atoms with Crippen LogP contribution in [0.1, 0.15) is 34.1 Å². The molecule has 0 aromatic heterocycles. The lowest BCUT2D eigenvalue weighted by Gasteiger charge is -2.31. The Morgan fingerprint density at radius 2 is 2.00 bits per heavy atom. The first-order chi connectivity index (χ1) is 7.69. The molecule has 0 rings (SSSR count). The average molecular weight is 242 g/mol. The van der Waals surface area contributed by atoms with E-state index in [1.165, 1.54) is 0 Å². The van der Waals surface area contributed by atoms with E-state index in [4.69, 9.17) is 5.11 Å². The van der Waals surface area contributed by atoms with Crippen LogP contribution in [-0.4, -0.2) is 40.1 Å². The van der Waals surface area contributed by atoms with Gasteiger partial charge in [-0.1, -0.05) is 6.08 Å². The monoisotopic (exact) mass is 242 g/mol. The number of nitrogens with zero attached hydrogens (tertiary/aromatic N) is 1. The number of nitrogens with one attached hydrogen (secondary N) is 1. The van der Waals surface area contributed by atoms with Gasteiger partial charge in [-0.2, -0.15) is 0 Å². The van der Waals surface area contributed by atoms with Gasteiger partial charge < -0.3 is 15.3 Å². The van der Waals surface area contributed by atoms with Crippen molar-refractivity contribution < 1.29 is 14.7 Å². The number of carboxylic acids is 1. The van der Waals surface area contributed by atoms with E-state index in [9.17, 15) is 9.59 Å². The Morgan fingerprint density at radius 3 is 2.35 bits per heavy atom. The molecule has 0 radical (unpaired) electrons. The van der Waals surface area contributed by atoms with Crippen LogP contribution in [0.25, 0.3) is 0 Å². The molecule has 2 amide bonds. The van der Waals surface area contributed by atoms with Crippen LogP contribution in [0.2, 0.25) is 0 Å². The van der Waals surface area contributed by atoms with E-state index in [-0.39, 0.29) is 18.5 Å². The molecule has 0 bridgehead atoms. The molecule has 0 atom stereocenters. The number of amides is 2. The van der Waals surface area contributed by atoms with Crippen LogP contribution in [0.3, 0.4) is 0 Å². The second kappa shape index (κ2) is 6.27. The normalized spacial score (nSPS) is 11.1. The highest BCUT2D eigenvalue weighted by atomic mass is 16.4. The van der Waals surface area contributed by atoms with E-state index < -0.39 is 11.5 Å². The lowest BCUT2D eigenvalue weighted by Crippen LogP contribution is -2.52. The molecule has 0 aromatic rings. The van der Waals surface area contributed by atoms with Gasteiger partial charge in [0.15, 0.2) is 0 Å². The maximum atomic E-state index is 11.9. The van der Waals surface area contributed by atoms with E-state index in [1.807, 2.05) is 13.8 Å². The minimum atomic E-state index is -0.935. The van der Waals surface area contributed by atoms with Gasteiger partial charge in [0.05, 0.1) is 6.42 Å². The maximum Gasteiger partial charge on any atom is 0.318 e. The molecule has 0 fully saturated rings. The van der Waals surface area contributed by atoms with Crippen LogP contribution in [0, 0.1) is 0 Å². The van der Waals surface area contributed by atoms with Gasteiger partial charge in [-0.25, -0.2) is 4.79 Å². The van der Waals surface area contributed by atoms with Crippen molar-refractivity contribution in [2.45, 2.75) is 45.7 Å². The number of carbonyl (C=O) groups is 2. The Balaban J connectivity index is 4.58. The second-order valence-electron chi connectivity index (χ2n) is 4.92. The largest absolute Gasteiger partial charge is 0.481 e. The van der Waals surface area contributed by atoms with Crippen LogP contribution in [-0.2, 0) is 4.79 Å². The van der Waals surface area contributed by atoms with Gasteiger partial charge in [0.25, 0.3) is 0 Å². The van der Waals surface area contributed by atoms with Crippen molar-refractivity contribution in [3.05, 3.63) is 12.7 Å². The van der Waals surface area contributed by atoms with Gasteiger partial charge in [-0.05, 0) is 27.7 Å². The summed E-state index contributed by atoms with van der Waals surface area (Å²) in [6.07, 6.45) is 1.53. The first kappa shape index (κ1) is 15.5. The highest BCUT2D eigenvalue weighted by Crippen LogP contribution is 2.10. The zero-order valence-corrected chi connectivity index (χ0v) is 11.0. The molecular weight excluding hydrogens is 220 g/mol. The quantitative estimate of drug-likeness (QED) is 0.698. The van der Waals surface area contributed by atoms with E-state index in [0.29, 0.717) is 6.54 Å². The molecule has 0 heterocycles. The van der Waals surface area contributed by atoms with Gasteiger partial charge >= 0.3 is 12.0 Å². The Bertz CT molecular complexity index is 298. The first-order valence-electron chi connectivity index (χ1n) is 5.61. The van der Waals surface area contributed by atoms with Crippen molar-refractivity contribution in [3.8, 4) is 0 Å². The Kier molecular flexibility index (Phi) is 5.71. The van der Waals surface area contributed by atoms with Gasteiger partial charge in [-0.3, -0.25) is 4.79 Å². The molecule has 17 heavy (non-hydrogen) atoms. The standard InChI is InChI=1S/C12H22N2O3/c1-6-7-14(9(2)3)11(17)13-12(4,5)8-10(15)16/h6,9H,1,7-8H2,2-5H3,(H,13,17)(H,15,16). The van der Waals surface area contributed by atoms with Crippen LogP contribution in [0.15, 0.2) is 12.7 Å². The Hall–Kier alpha value is -1.52. The summed E-state index contributed by atoms with van der Waals surface area (Å²) in [5, 5.41) is 11.4. The molecule has 5 heteroatoms. The number of hydrogen-bond acceptors (Lipinski definition) is 2. The summed E-state index contributed by atoms with van der Waals surface area (Å²) in [6.45, 7) is 11.2. The lowest BCUT2D eigenvalue weighted by atomic mass is 10.0. The van der Waals surface area contributed by atoms with Crippen LogP contribution in [0.4, 0.5) is 4.79 Å². The zero-order chi connectivity index (χ0) is 13.6. The van der Waals surface area contributed by atoms with E-state index in [2.05, 4.69) is 11.9 Å². The van der Waals surface area contributed by atoms with Crippen LogP contribution >= 0.6 is 0 Å². The van der Waals surface area contributed by atoms with Gasteiger partial charge in [0, 0.05) is 18.1 Å². The summed E-state index contributed by atoms with van der Waals surface area (Å²) in [7, 11) is 0. The second-order valence-corrected chi connectivity index (χ2v) is 4.92. The fourth-order valence-electron chi connectivity index (χ4n) is 1.45. The van der Waals surface area contributed by atoms with Gasteiger partial charge in [0.1, 0.15) is 0 Å². The fraction of sp³-hybridized carbons (Fsp3) is 0.667. The molecule has 0 aliphatic carbocycles. The molecule has 2 N–H and O–H groups in total. The molecule has 98 valence electrons. The summed E-state index contributed by atoms with van der Waals surface area (Å²) in [4.78, 5) is 24.2. The van der Waals surface area contributed by atoms with Crippen molar-refractivity contribution >= 4 is 12.0 Å². The number of aliphatic carboxylic acids is 1. The van der Waals surface area contributed by atoms with Gasteiger partial charge in [-0.15, -0.1) is 6.58 Å². The first-order valence-corrected chi connectivity index (χ1v) is 5.61. The van der Waals surface area contributed by atoms with E-state index >= 15 is 0 Å². The van der Waals surface area contributed by atoms with Gasteiger partial charge in [0.2, 0.25) is 0 Å². The van der Waals surface area contributed by atoms with Crippen molar-refractivity contribution in [2.24, 2.45) is 0 Å². The molecule has 0 aromatic carbocycles. The van der Waals surface area contributed by atoms with Crippen molar-refractivity contribution in [3.63, 3.8) is 0 Å². The number of urea groups is 1. The number of carbonyl (C=O) groups excluding carboxylic acids is 1. The summed E-state index contributed by atoms with van der Waals surface area (Å²) < 4.78 is 0. The topological polar surface area (TPSA) is 69.6 Å². The molecule has 0 saturated carbocycles. The highest BCUT2D eigenvalue weighted by molar-refractivity contribution is 5.77. The fourth-order valence-corrected chi connectivity index (χ4v) is 1.45. The predicted octanol–water partition coefficient (Wildman–Crippen LogP) is 1.85. The van der Waals surface area contributed by atoms with E-state index in [0.717, 1.165) is 0 Å². The third-order valence-corrected chi connectivity index (χ3v) is 2.25. The SMILES string of the molecule is C=CCN(C(=O)NC(C)(C)CC(=O)O)C(C)C. The number of carboxylic acid groups (broad SMARTS) is 1. The molecule has 0 unspecified atom stereocenters. The smallest absolute Gasteiger partial charge is 0.318 e. The Labute approximate surface area is 102 Å². The molecule has 0 saturated heterocycles. The van der Waals surface area contributed by atoms with Crippen LogP contribution < -0.4 is 5.32 Å². The number of hydrogen-bond donors (Lipinski definition) is 2. The van der Waals surface area contributed by atoms with Crippen molar-refractivity contribution in [1.82, 2.24) is 10.2 Å². The molecular formula is C12H22N2O3. The third-order valence-electron chi connectivity index (χ3n) is 2.25. The molecule has 5 nitrogen and oxygen atoms in total. The Morgan fingerprint density at radius 1 is 1.47 bits per heavy atom. The molecule has 0 aliphatic rings. The summed E-state index contributed by atoms with van der Waals surface area (Å²) in [6, 6.07) is -0.236. The minimum absolute atomic E-state index is 0.0358. The third kappa shape index (κ3) is 5.94. The average Bonchev–Trinajstić information content (AvgIpc) is 2.09. The zero-order valence-electron chi connectivity index (χ0n) is 11.0.